The molecule has 0 fully saturated rings. The van der Waals surface area contributed by atoms with E-state index >= 15 is 0 Å². The molecule has 0 radical (unpaired) electrons. The van der Waals surface area contributed by atoms with E-state index in [0.717, 1.165) is 6.42 Å². The molecule has 0 bridgehead atoms. The van der Waals surface area contributed by atoms with Gasteiger partial charge in [-0.1, -0.05) is 48.9 Å². The van der Waals surface area contributed by atoms with Crippen molar-refractivity contribution >= 4 is 11.6 Å². The maximum absolute atomic E-state index is 13.9. The molecule has 3 heteroatoms. The number of hydrogen-bond acceptors (Lipinski definition) is 1. The fourth-order valence-corrected chi connectivity index (χ4v) is 2.26. The molecule has 1 nitrogen and oxygen atoms in total. The third-order valence-corrected chi connectivity index (χ3v) is 3.61. The Balaban J connectivity index is 2.45. The molecule has 0 aliphatic carbocycles. The first kappa shape index (κ1) is 14.0. The Morgan fingerprint density at radius 1 is 1.16 bits per heavy atom. The third kappa shape index (κ3) is 2.80. The zero-order chi connectivity index (χ0) is 14.0. The molecule has 1 atom stereocenters. The van der Waals surface area contributed by atoms with E-state index in [4.69, 9.17) is 11.6 Å². The van der Waals surface area contributed by atoms with Gasteiger partial charge in [-0.05, 0) is 36.6 Å². The molecule has 0 saturated carbocycles. The van der Waals surface area contributed by atoms with Crippen LogP contribution in [0.4, 0.5) is 4.39 Å². The number of halogens is 2. The Morgan fingerprint density at radius 3 is 2.32 bits per heavy atom. The molecule has 2 aromatic carbocycles. The summed E-state index contributed by atoms with van der Waals surface area (Å²) in [6, 6.07) is 11.8. The van der Waals surface area contributed by atoms with E-state index in [-0.39, 0.29) is 5.56 Å². The summed E-state index contributed by atoms with van der Waals surface area (Å²) in [6.07, 6.45) is 0.928. The van der Waals surface area contributed by atoms with Gasteiger partial charge in [0.1, 0.15) is 11.4 Å². The number of benzene rings is 2. The zero-order valence-corrected chi connectivity index (χ0v) is 11.7. The number of rotatable bonds is 3. The van der Waals surface area contributed by atoms with Crippen LogP contribution in [0.2, 0.25) is 5.02 Å². The molecular formula is C16H16ClFO. The van der Waals surface area contributed by atoms with Gasteiger partial charge in [0.05, 0.1) is 0 Å². The first-order chi connectivity index (χ1) is 8.95. The summed E-state index contributed by atoms with van der Waals surface area (Å²) in [5, 5.41) is 10.9. The van der Waals surface area contributed by atoms with Crippen molar-refractivity contribution in [2.75, 3.05) is 0 Å². The van der Waals surface area contributed by atoms with Crippen molar-refractivity contribution in [2.45, 2.75) is 25.9 Å². The standard InChI is InChI=1S/C16H16ClFO/c1-3-11-4-6-12(7-5-11)16(2,19)14-9-8-13(17)10-15(14)18/h4-10,19H,3H2,1-2H3. The van der Waals surface area contributed by atoms with E-state index in [2.05, 4.69) is 6.92 Å². The van der Waals surface area contributed by atoms with Crippen molar-refractivity contribution < 1.29 is 9.50 Å². The minimum absolute atomic E-state index is 0.223. The Hall–Kier alpha value is -1.38. The van der Waals surface area contributed by atoms with E-state index in [9.17, 15) is 9.50 Å². The summed E-state index contributed by atoms with van der Waals surface area (Å²) in [5.41, 5.74) is 0.684. The normalized spacial score (nSPS) is 14.2. The highest BCUT2D eigenvalue weighted by atomic mass is 35.5. The van der Waals surface area contributed by atoms with Crippen molar-refractivity contribution in [2.24, 2.45) is 0 Å². The minimum Gasteiger partial charge on any atom is -0.381 e. The summed E-state index contributed by atoms with van der Waals surface area (Å²) >= 11 is 5.73. The fraction of sp³-hybridized carbons (Fsp3) is 0.250. The maximum atomic E-state index is 13.9. The third-order valence-electron chi connectivity index (χ3n) is 3.38. The molecule has 0 saturated heterocycles. The lowest BCUT2D eigenvalue weighted by Gasteiger charge is -2.25. The smallest absolute Gasteiger partial charge is 0.131 e. The van der Waals surface area contributed by atoms with Crippen molar-refractivity contribution in [3.63, 3.8) is 0 Å². The van der Waals surface area contributed by atoms with Crippen molar-refractivity contribution in [3.8, 4) is 0 Å². The molecule has 0 heterocycles. The molecule has 0 spiro atoms. The molecular weight excluding hydrogens is 263 g/mol. The summed E-state index contributed by atoms with van der Waals surface area (Å²) in [5.74, 6) is -0.503. The Morgan fingerprint density at radius 2 is 1.79 bits per heavy atom. The second kappa shape index (κ2) is 5.32. The highest BCUT2D eigenvalue weighted by molar-refractivity contribution is 6.30. The first-order valence-corrected chi connectivity index (χ1v) is 6.60. The zero-order valence-electron chi connectivity index (χ0n) is 11.0. The van der Waals surface area contributed by atoms with Crippen LogP contribution in [-0.2, 0) is 12.0 Å². The Bertz CT molecular complexity index is 576. The predicted molar refractivity (Wildman–Crippen MR) is 75.9 cm³/mol. The number of aliphatic hydroxyl groups is 1. The number of aryl methyl sites for hydroxylation is 1. The lowest BCUT2D eigenvalue weighted by Crippen LogP contribution is -2.24. The average Bonchev–Trinajstić information content (AvgIpc) is 2.38. The summed E-state index contributed by atoms with van der Waals surface area (Å²) in [6.45, 7) is 3.65. The topological polar surface area (TPSA) is 20.2 Å². The van der Waals surface area contributed by atoms with Gasteiger partial charge in [0.2, 0.25) is 0 Å². The predicted octanol–water partition coefficient (Wildman–Crippen LogP) is 4.30. The number of hydrogen-bond donors (Lipinski definition) is 1. The lowest BCUT2D eigenvalue weighted by molar-refractivity contribution is 0.0979. The summed E-state index contributed by atoms with van der Waals surface area (Å²) < 4.78 is 13.9. The van der Waals surface area contributed by atoms with Crippen LogP contribution in [0.15, 0.2) is 42.5 Å². The highest BCUT2D eigenvalue weighted by Gasteiger charge is 2.28. The molecule has 100 valence electrons. The molecule has 2 rings (SSSR count). The van der Waals surface area contributed by atoms with E-state index in [1.165, 1.54) is 17.7 Å². The fourth-order valence-electron chi connectivity index (χ4n) is 2.10. The van der Waals surface area contributed by atoms with Gasteiger partial charge in [-0.15, -0.1) is 0 Å². The van der Waals surface area contributed by atoms with E-state index in [1.807, 2.05) is 24.3 Å². The molecule has 0 aliphatic heterocycles. The van der Waals surface area contributed by atoms with Gasteiger partial charge in [-0.2, -0.15) is 0 Å². The van der Waals surface area contributed by atoms with E-state index < -0.39 is 11.4 Å². The van der Waals surface area contributed by atoms with Gasteiger partial charge < -0.3 is 5.11 Å². The van der Waals surface area contributed by atoms with Crippen LogP contribution < -0.4 is 0 Å². The highest BCUT2D eigenvalue weighted by Crippen LogP contribution is 2.32. The summed E-state index contributed by atoms with van der Waals surface area (Å²) in [7, 11) is 0. The van der Waals surface area contributed by atoms with Crippen LogP contribution in [0.1, 0.15) is 30.5 Å². The van der Waals surface area contributed by atoms with Crippen LogP contribution >= 0.6 is 11.6 Å². The molecule has 0 aromatic heterocycles. The monoisotopic (exact) mass is 278 g/mol. The van der Waals surface area contributed by atoms with Crippen molar-refractivity contribution in [1.82, 2.24) is 0 Å². The van der Waals surface area contributed by atoms with Gasteiger partial charge >= 0.3 is 0 Å². The van der Waals surface area contributed by atoms with Gasteiger partial charge in [0.25, 0.3) is 0 Å². The van der Waals surface area contributed by atoms with Crippen LogP contribution in [0.25, 0.3) is 0 Å². The maximum Gasteiger partial charge on any atom is 0.131 e. The quantitative estimate of drug-likeness (QED) is 0.888. The first-order valence-electron chi connectivity index (χ1n) is 6.22. The van der Waals surface area contributed by atoms with Crippen molar-refractivity contribution in [3.05, 3.63) is 70.0 Å². The van der Waals surface area contributed by atoms with Crippen LogP contribution in [0.3, 0.4) is 0 Å². The average molecular weight is 279 g/mol. The SMILES string of the molecule is CCc1ccc(C(C)(O)c2ccc(Cl)cc2F)cc1. The molecule has 1 N–H and O–H groups in total. The van der Waals surface area contributed by atoms with Crippen LogP contribution in [-0.4, -0.2) is 5.11 Å². The Kier molecular flexibility index (Phi) is 3.93. The van der Waals surface area contributed by atoms with E-state index in [1.54, 1.807) is 13.0 Å². The van der Waals surface area contributed by atoms with E-state index in [0.29, 0.717) is 10.6 Å². The summed E-state index contributed by atoms with van der Waals surface area (Å²) in [4.78, 5) is 0. The minimum atomic E-state index is -1.37. The molecule has 19 heavy (non-hydrogen) atoms. The second-order valence-corrected chi connectivity index (χ2v) is 5.18. The molecule has 0 amide bonds. The Labute approximate surface area is 117 Å². The second-order valence-electron chi connectivity index (χ2n) is 4.75. The van der Waals surface area contributed by atoms with Gasteiger partial charge in [0, 0.05) is 10.6 Å². The molecule has 2 aromatic rings. The van der Waals surface area contributed by atoms with Crippen LogP contribution in [0, 0.1) is 5.82 Å². The molecule has 1 unspecified atom stereocenters. The lowest BCUT2D eigenvalue weighted by atomic mass is 9.87. The van der Waals surface area contributed by atoms with Crippen LogP contribution in [0.5, 0.6) is 0 Å². The van der Waals surface area contributed by atoms with Gasteiger partial charge in [-0.25, -0.2) is 4.39 Å². The largest absolute Gasteiger partial charge is 0.381 e. The van der Waals surface area contributed by atoms with Crippen molar-refractivity contribution in [1.29, 1.82) is 0 Å². The van der Waals surface area contributed by atoms with Gasteiger partial charge in [0.15, 0.2) is 0 Å². The van der Waals surface area contributed by atoms with Gasteiger partial charge in [-0.3, -0.25) is 0 Å². The molecule has 0 aliphatic rings.